The van der Waals surface area contributed by atoms with Gasteiger partial charge in [-0.15, -0.1) is 0 Å². The van der Waals surface area contributed by atoms with Crippen molar-refractivity contribution in [3.63, 3.8) is 0 Å². The summed E-state index contributed by atoms with van der Waals surface area (Å²) in [5, 5.41) is 8.15. The van der Waals surface area contributed by atoms with Crippen molar-refractivity contribution in [3.8, 4) is 0 Å². The molecule has 0 heterocycles. The predicted octanol–water partition coefficient (Wildman–Crippen LogP) is 0.221. The monoisotopic (exact) mass is 265 g/mol. The fraction of sp³-hybridized carbons (Fsp3) is 0.385. The number of carbonyl (C=O) groups is 2. The number of carbonyl (C=O) groups excluding carboxylic acids is 2. The van der Waals surface area contributed by atoms with Gasteiger partial charge in [0.25, 0.3) is 5.91 Å². The Labute approximate surface area is 112 Å². The molecule has 0 atom stereocenters. The Morgan fingerprint density at radius 1 is 1.26 bits per heavy atom. The van der Waals surface area contributed by atoms with Crippen LogP contribution in [-0.2, 0) is 9.53 Å². The lowest BCUT2D eigenvalue weighted by atomic mass is 10.1. The average Bonchev–Trinajstić information content (AvgIpc) is 2.39. The Morgan fingerprint density at radius 2 is 2.00 bits per heavy atom. The molecule has 1 aromatic rings. The lowest BCUT2D eigenvalue weighted by Gasteiger charge is -2.11. The summed E-state index contributed by atoms with van der Waals surface area (Å²) >= 11 is 0. The minimum atomic E-state index is -0.239. The van der Waals surface area contributed by atoms with Gasteiger partial charge in [0.1, 0.15) is 0 Å². The number of rotatable bonds is 7. The van der Waals surface area contributed by atoms with Crippen LogP contribution in [0.2, 0.25) is 0 Å². The first kappa shape index (κ1) is 15.1. The molecule has 0 bridgehead atoms. The number of likely N-dealkylation sites (N-methyl/N-ethyl adjacent to an activating group) is 1. The summed E-state index contributed by atoms with van der Waals surface area (Å²) in [4.78, 5) is 23.5. The number of hydrogen-bond acceptors (Lipinski definition) is 4. The fourth-order valence-corrected chi connectivity index (χ4v) is 1.51. The third-order valence-electron chi connectivity index (χ3n) is 2.37. The Balaban J connectivity index is 2.72. The Bertz CT molecular complexity index is 435. The lowest BCUT2D eigenvalue weighted by Crippen LogP contribution is -2.29. The maximum atomic E-state index is 11.9. The van der Waals surface area contributed by atoms with E-state index in [1.54, 1.807) is 38.4 Å². The average molecular weight is 265 g/mol. The molecular weight excluding hydrogens is 246 g/mol. The van der Waals surface area contributed by atoms with Crippen LogP contribution in [0.15, 0.2) is 24.3 Å². The molecule has 0 spiro atoms. The Morgan fingerprint density at radius 3 is 2.68 bits per heavy atom. The summed E-state index contributed by atoms with van der Waals surface area (Å²) in [6.45, 7) is 1.06. The molecule has 0 saturated heterocycles. The summed E-state index contributed by atoms with van der Waals surface area (Å²) in [5.74, 6) is -0.433. The highest BCUT2D eigenvalue weighted by Gasteiger charge is 2.12. The first-order valence-corrected chi connectivity index (χ1v) is 5.99. The number of nitrogens with one attached hydrogen (secondary N) is 3. The van der Waals surface area contributed by atoms with Gasteiger partial charge in [-0.1, -0.05) is 12.1 Å². The van der Waals surface area contributed by atoms with Crippen LogP contribution in [0.5, 0.6) is 0 Å². The molecule has 0 unspecified atom stereocenters. The maximum Gasteiger partial charge on any atom is 0.253 e. The SMILES string of the molecule is CNCC(=O)Nc1ccccc1C(=O)NCCOC. The van der Waals surface area contributed by atoms with Gasteiger partial charge in [-0.05, 0) is 19.2 Å². The fourth-order valence-electron chi connectivity index (χ4n) is 1.51. The highest BCUT2D eigenvalue weighted by atomic mass is 16.5. The van der Waals surface area contributed by atoms with Crippen LogP contribution in [0, 0.1) is 0 Å². The van der Waals surface area contributed by atoms with E-state index in [1.807, 2.05) is 0 Å². The molecule has 0 saturated carbocycles. The van der Waals surface area contributed by atoms with Crippen LogP contribution in [-0.4, -0.2) is 45.7 Å². The molecule has 0 aliphatic heterocycles. The maximum absolute atomic E-state index is 11.9. The van der Waals surface area contributed by atoms with Gasteiger partial charge < -0.3 is 20.7 Å². The minimum Gasteiger partial charge on any atom is -0.383 e. The van der Waals surface area contributed by atoms with Gasteiger partial charge in [-0.25, -0.2) is 0 Å². The van der Waals surface area contributed by atoms with E-state index in [1.165, 1.54) is 0 Å². The van der Waals surface area contributed by atoms with E-state index in [2.05, 4.69) is 16.0 Å². The van der Waals surface area contributed by atoms with Gasteiger partial charge in [-0.3, -0.25) is 9.59 Å². The van der Waals surface area contributed by atoms with Crippen molar-refractivity contribution in [1.82, 2.24) is 10.6 Å². The number of para-hydroxylation sites is 1. The molecular formula is C13H19N3O3. The van der Waals surface area contributed by atoms with Gasteiger partial charge in [0.15, 0.2) is 0 Å². The zero-order valence-corrected chi connectivity index (χ0v) is 11.2. The van der Waals surface area contributed by atoms with Gasteiger partial charge in [0.05, 0.1) is 24.4 Å². The third kappa shape index (κ3) is 5.07. The zero-order chi connectivity index (χ0) is 14.1. The number of ether oxygens (including phenoxy) is 1. The Kier molecular flexibility index (Phi) is 6.56. The Hall–Kier alpha value is -1.92. The van der Waals surface area contributed by atoms with E-state index in [0.717, 1.165) is 0 Å². The number of methoxy groups -OCH3 is 1. The van der Waals surface area contributed by atoms with E-state index in [4.69, 9.17) is 4.74 Å². The van der Waals surface area contributed by atoms with Crippen molar-refractivity contribution in [2.45, 2.75) is 0 Å². The normalized spacial score (nSPS) is 10.0. The van der Waals surface area contributed by atoms with Crippen LogP contribution in [0.4, 0.5) is 5.69 Å². The van der Waals surface area contributed by atoms with Crippen LogP contribution in [0.3, 0.4) is 0 Å². The quantitative estimate of drug-likeness (QED) is 0.616. The minimum absolute atomic E-state index is 0.194. The molecule has 0 fully saturated rings. The van der Waals surface area contributed by atoms with Crippen molar-refractivity contribution in [1.29, 1.82) is 0 Å². The molecule has 0 radical (unpaired) electrons. The summed E-state index contributed by atoms with van der Waals surface area (Å²) in [5.41, 5.74) is 0.931. The summed E-state index contributed by atoms with van der Waals surface area (Å²) in [7, 11) is 3.25. The molecule has 3 N–H and O–H groups in total. The summed E-state index contributed by atoms with van der Waals surface area (Å²) < 4.78 is 4.86. The molecule has 0 aliphatic rings. The van der Waals surface area contributed by atoms with E-state index >= 15 is 0 Å². The van der Waals surface area contributed by atoms with Gasteiger partial charge >= 0.3 is 0 Å². The topological polar surface area (TPSA) is 79.5 Å². The van der Waals surface area contributed by atoms with Gasteiger partial charge in [0.2, 0.25) is 5.91 Å². The van der Waals surface area contributed by atoms with Crippen LogP contribution < -0.4 is 16.0 Å². The lowest BCUT2D eigenvalue weighted by molar-refractivity contribution is -0.115. The smallest absolute Gasteiger partial charge is 0.253 e. The molecule has 0 aliphatic carbocycles. The standard InChI is InChI=1S/C13H19N3O3/c1-14-9-12(17)16-11-6-4-3-5-10(11)13(18)15-7-8-19-2/h3-6,14H,7-9H2,1-2H3,(H,15,18)(H,16,17). The molecule has 0 aromatic heterocycles. The number of amides is 2. The van der Waals surface area contributed by atoms with Crippen LogP contribution >= 0.6 is 0 Å². The first-order valence-electron chi connectivity index (χ1n) is 5.99. The third-order valence-corrected chi connectivity index (χ3v) is 2.37. The number of anilines is 1. The summed E-state index contributed by atoms with van der Waals surface area (Å²) in [6.07, 6.45) is 0. The highest BCUT2D eigenvalue weighted by Crippen LogP contribution is 2.14. The number of benzene rings is 1. The number of hydrogen-bond donors (Lipinski definition) is 3. The van der Waals surface area contributed by atoms with Crippen molar-refractivity contribution < 1.29 is 14.3 Å². The second kappa shape index (κ2) is 8.23. The van der Waals surface area contributed by atoms with Crippen molar-refractivity contribution >= 4 is 17.5 Å². The van der Waals surface area contributed by atoms with Crippen LogP contribution in [0.25, 0.3) is 0 Å². The molecule has 2 amide bonds. The van der Waals surface area contributed by atoms with Crippen molar-refractivity contribution in [3.05, 3.63) is 29.8 Å². The largest absolute Gasteiger partial charge is 0.383 e. The molecule has 1 aromatic carbocycles. The molecule has 104 valence electrons. The summed E-state index contributed by atoms with van der Waals surface area (Å²) in [6, 6.07) is 6.87. The zero-order valence-electron chi connectivity index (χ0n) is 11.2. The second-order valence-electron chi connectivity index (χ2n) is 3.87. The van der Waals surface area contributed by atoms with E-state index < -0.39 is 0 Å². The molecule has 6 nitrogen and oxygen atoms in total. The molecule has 19 heavy (non-hydrogen) atoms. The molecule has 1 rings (SSSR count). The van der Waals surface area contributed by atoms with Gasteiger partial charge in [-0.2, -0.15) is 0 Å². The van der Waals surface area contributed by atoms with E-state index in [0.29, 0.717) is 24.4 Å². The second-order valence-corrected chi connectivity index (χ2v) is 3.87. The van der Waals surface area contributed by atoms with E-state index in [9.17, 15) is 9.59 Å². The van der Waals surface area contributed by atoms with Crippen molar-refractivity contribution in [2.24, 2.45) is 0 Å². The van der Waals surface area contributed by atoms with Crippen LogP contribution in [0.1, 0.15) is 10.4 Å². The molecule has 6 heteroatoms. The predicted molar refractivity (Wildman–Crippen MR) is 73.2 cm³/mol. The van der Waals surface area contributed by atoms with Crippen molar-refractivity contribution in [2.75, 3.05) is 39.2 Å². The highest BCUT2D eigenvalue weighted by molar-refractivity contribution is 6.04. The first-order chi connectivity index (χ1) is 9.19. The van der Waals surface area contributed by atoms with Gasteiger partial charge in [0, 0.05) is 13.7 Å². The van der Waals surface area contributed by atoms with E-state index in [-0.39, 0.29) is 18.4 Å².